The minimum absolute atomic E-state index is 0.00782. The second-order valence-electron chi connectivity index (χ2n) is 8.56. The van der Waals surface area contributed by atoms with E-state index >= 15 is 0 Å². The number of carbonyl (C=O) groups excluding carboxylic acids is 3. The van der Waals surface area contributed by atoms with Crippen LogP contribution in [0.5, 0.6) is 0 Å². The van der Waals surface area contributed by atoms with E-state index in [1.54, 1.807) is 4.90 Å². The van der Waals surface area contributed by atoms with Gasteiger partial charge in [0.25, 0.3) is 0 Å². The fraction of sp³-hybridized carbons (Fsp3) is 0.609. The summed E-state index contributed by atoms with van der Waals surface area (Å²) in [5.41, 5.74) is 0.893. The highest BCUT2D eigenvalue weighted by Crippen LogP contribution is 2.23. The molecule has 164 valence electrons. The molecule has 3 amide bonds. The number of nitrogens with one attached hydrogen (secondary N) is 1. The van der Waals surface area contributed by atoms with E-state index in [4.69, 9.17) is 4.74 Å². The molecule has 3 rings (SSSR count). The van der Waals surface area contributed by atoms with Crippen LogP contribution in [0.1, 0.15) is 45.1 Å². The van der Waals surface area contributed by atoms with E-state index in [9.17, 15) is 14.4 Å². The summed E-state index contributed by atoms with van der Waals surface area (Å²) >= 11 is 0. The molecule has 0 radical (unpaired) electrons. The van der Waals surface area contributed by atoms with Crippen LogP contribution in [0.4, 0.5) is 4.79 Å². The number of ether oxygens (including phenoxy) is 1. The van der Waals surface area contributed by atoms with Crippen molar-refractivity contribution in [2.45, 2.75) is 52.2 Å². The fourth-order valence-electron chi connectivity index (χ4n) is 4.14. The molecular formula is C23H33N3O4. The van der Waals surface area contributed by atoms with E-state index < -0.39 is 12.1 Å². The molecule has 1 N–H and O–H groups in total. The van der Waals surface area contributed by atoms with Gasteiger partial charge in [-0.1, -0.05) is 44.2 Å². The molecule has 0 spiro atoms. The van der Waals surface area contributed by atoms with E-state index in [0.29, 0.717) is 25.9 Å². The average molecular weight is 416 g/mol. The van der Waals surface area contributed by atoms with Crippen LogP contribution in [-0.4, -0.2) is 59.9 Å². The Balaban J connectivity index is 1.49. The van der Waals surface area contributed by atoms with E-state index in [-0.39, 0.29) is 30.3 Å². The first-order valence-electron chi connectivity index (χ1n) is 11.0. The lowest BCUT2D eigenvalue weighted by molar-refractivity contribution is -0.141. The van der Waals surface area contributed by atoms with Gasteiger partial charge >= 0.3 is 6.09 Å². The Morgan fingerprint density at radius 3 is 2.23 bits per heavy atom. The maximum Gasteiger partial charge on any atom is 0.408 e. The van der Waals surface area contributed by atoms with Gasteiger partial charge in [-0.05, 0) is 37.2 Å². The third kappa shape index (κ3) is 5.74. The highest BCUT2D eigenvalue weighted by molar-refractivity contribution is 5.86. The highest BCUT2D eigenvalue weighted by Gasteiger charge is 2.34. The second-order valence-corrected chi connectivity index (χ2v) is 8.56. The first-order valence-corrected chi connectivity index (χ1v) is 11.0. The molecular weight excluding hydrogens is 382 g/mol. The fourth-order valence-corrected chi connectivity index (χ4v) is 4.14. The Bertz CT molecular complexity index is 723. The molecule has 7 nitrogen and oxygen atoms in total. The third-order valence-corrected chi connectivity index (χ3v) is 5.99. The Labute approximate surface area is 178 Å². The largest absolute Gasteiger partial charge is 0.445 e. The molecule has 1 atom stereocenters. The van der Waals surface area contributed by atoms with Crippen LogP contribution in [0.2, 0.25) is 0 Å². The van der Waals surface area contributed by atoms with E-state index in [1.165, 1.54) is 0 Å². The zero-order chi connectivity index (χ0) is 21.5. The van der Waals surface area contributed by atoms with Crippen molar-refractivity contribution in [1.29, 1.82) is 0 Å². The van der Waals surface area contributed by atoms with Gasteiger partial charge in [0.05, 0.1) is 0 Å². The van der Waals surface area contributed by atoms with Crippen LogP contribution in [0.15, 0.2) is 30.3 Å². The molecule has 2 saturated heterocycles. The summed E-state index contributed by atoms with van der Waals surface area (Å²) in [6, 6.07) is 8.79. The minimum Gasteiger partial charge on any atom is -0.445 e. The van der Waals surface area contributed by atoms with Crippen LogP contribution in [0, 0.1) is 11.8 Å². The number of amides is 3. The van der Waals surface area contributed by atoms with Crippen molar-refractivity contribution in [1.82, 2.24) is 15.1 Å². The van der Waals surface area contributed by atoms with Gasteiger partial charge in [-0.2, -0.15) is 0 Å². The summed E-state index contributed by atoms with van der Waals surface area (Å²) in [6.45, 7) is 6.80. The standard InChI is InChI=1S/C23H33N3O4/c1-17(2)20(24-23(29)30-16-18-8-4-3-5-9-18)22(28)26-14-10-19(11-15-26)21(27)25-12-6-7-13-25/h3-5,8-9,17,19-20H,6-7,10-16H2,1-2H3,(H,24,29)/t20-/m0/s1. The molecule has 30 heavy (non-hydrogen) atoms. The second kappa shape index (κ2) is 10.5. The van der Waals surface area contributed by atoms with Gasteiger partial charge in [-0.25, -0.2) is 4.79 Å². The van der Waals surface area contributed by atoms with Gasteiger partial charge in [0.2, 0.25) is 11.8 Å². The van der Waals surface area contributed by atoms with Gasteiger partial charge in [0.15, 0.2) is 0 Å². The van der Waals surface area contributed by atoms with Gasteiger partial charge < -0.3 is 19.9 Å². The maximum atomic E-state index is 13.0. The molecule has 2 fully saturated rings. The molecule has 2 heterocycles. The molecule has 2 aliphatic rings. The van der Waals surface area contributed by atoms with Crippen molar-refractivity contribution >= 4 is 17.9 Å². The van der Waals surface area contributed by atoms with Crippen molar-refractivity contribution in [2.24, 2.45) is 11.8 Å². The smallest absolute Gasteiger partial charge is 0.408 e. The zero-order valence-electron chi connectivity index (χ0n) is 18.0. The summed E-state index contributed by atoms with van der Waals surface area (Å²) in [5.74, 6) is 0.0792. The van der Waals surface area contributed by atoms with Crippen LogP contribution in [0.25, 0.3) is 0 Å². The quantitative estimate of drug-likeness (QED) is 0.775. The zero-order valence-corrected chi connectivity index (χ0v) is 18.0. The number of benzene rings is 1. The van der Waals surface area contributed by atoms with E-state index in [1.807, 2.05) is 49.1 Å². The van der Waals surface area contributed by atoms with Crippen LogP contribution in [-0.2, 0) is 20.9 Å². The van der Waals surface area contributed by atoms with Crippen molar-refractivity contribution < 1.29 is 19.1 Å². The normalized spacial score (nSPS) is 18.4. The molecule has 0 aliphatic carbocycles. The molecule has 0 saturated carbocycles. The first kappa shape index (κ1) is 22.1. The number of rotatable bonds is 6. The maximum absolute atomic E-state index is 13.0. The Hall–Kier alpha value is -2.57. The minimum atomic E-state index is -0.640. The summed E-state index contributed by atoms with van der Waals surface area (Å²) in [7, 11) is 0. The number of alkyl carbamates (subject to hydrolysis) is 1. The molecule has 0 aromatic heterocycles. The summed E-state index contributed by atoms with van der Waals surface area (Å²) in [4.78, 5) is 41.6. The third-order valence-electron chi connectivity index (χ3n) is 5.99. The number of nitrogens with zero attached hydrogens (tertiary/aromatic N) is 2. The van der Waals surface area contributed by atoms with Crippen molar-refractivity contribution in [2.75, 3.05) is 26.2 Å². The Kier molecular flexibility index (Phi) is 7.71. The number of hydrogen-bond acceptors (Lipinski definition) is 4. The number of hydrogen-bond donors (Lipinski definition) is 1. The van der Waals surface area contributed by atoms with Gasteiger partial charge in [-0.15, -0.1) is 0 Å². The van der Waals surface area contributed by atoms with E-state index in [0.717, 1.165) is 31.5 Å². The van der Waals surface area contributed by atoms with Crippen molar-refractivity contribution in [3.8, 4) is 0 Å². The monoisotopic (exact) mass is 415 g/mol. The predicted octanol–water partition coefficient (Wildman–Crippen LogP) is 2.80. The molecule has 1 aromatic rings. The highest BCUT2D eigenvalue weighted by atomic mass is 16.5. The summed E-state index contributed by atoms with van der Waals surface area (Å²) < 4.78 is 5.28. The summed E-state index contributed by atoms with van der Waals surface area (Å²) in [6.07, 6.45) is 2.95. The van der Waals surface area contributed by atoms with Gasteiger partial charge in [0.1, 0.15) is 12.6 Å². The number of likely N-dealkylation sites (tertiary alicyclic amines) is 2. The SMILES string of the molecule is CC(C)[C@H](NC(=O)OCc1ccccc1)C(=O)N1CCC(C(=O)N2CCCC2)CC1. The lowest BCUT2D eigenvalue weighted by Crippen LogP contribution is -2.53. The Morgan fingerprint density at radius 2 is 1.63 bits per heavy atom. The molecule has 2 aliphatic heterocycles. The lowest BCUT2D eigenvalue weighted by Gasteiger charge is -2.35. The van der Waals surface area contributed by atoms with Crippen LogP contribution < -0.4 is 5.32 Å². The molecule has 7 heteroatoms. The molecule has 0 bridgehead atoms. The lowest BCUT2D eigenvalue weighted by atomic mass is 9.94. The average Bonchev–Trinajstić information content (AvgIpc) is 3.30. The topological polar surface area (TPSA) is 79.0 Å². The van der Waals surface area contributed by atoms with E-state index in [2.05, 4.69) is 5.32 Å². The van der Waals surface area contributed by atoms with Gasteiger partial charge in [-0.3, -0.25) is 9.59 Å². The molecule has 0 unspecified atom stereocenters. The Morgan fingerprint density at radius 1 is 1.00 bits per heavy atom. The van der Waals surface area contributed by atoms with Crippen LogP contribution >= 0.6 is 0 Å². The van der Waals surface area contributed by atoms with Crippen molar-refractivity contribution in [3.63, 3.8) is 0 Å². The predicted molar refractivity (Wildman–Crippen MR) is 114 cm³/mol. The number of piperidine rings is 1. The number of carbonyl (C=O) groups is 3. The van der Waals surface area contributed by atoms with Crippen LogP contribution in [0.3, 0.4) is 0 Å². The summed E-state index contributed by atoms with van der Waals surface area (Å²) in [5, 5.41) is 2.73. The van der Waals surface area contributed by atoms with Crippen molar-refractivity contribution in [3.05, 3.63) is 35.9 Å². The van der Waals surface area contributed by atoms with Gasteiger partial charge in [0, 0.05) is 32.1 Å². The molecule has 1 aromatic carbocycles. The first-order chi connectivity index (χ1) is 14.5.